The Labute approximate surface area is 86.4 Å². The zero-order valence-electron chi connectivity index (χ0n) is 8.32. The SMILES string of the molecule is C[C@@]12OC(=O)C(N)C1CC(N)=C(N)C2=O. The van der Waals surface area contributed by atoms with E-state index < -0.39 is 29.3 Å². The highest BCUT2D eigenvalue weighted by atomic mass is 16.6. The van der Waals surface area contributed by atoms with Gasteiger partial charge in [0.05, 0.1) is 5.70 Å². The standard InChI is InChI=1S/C9H13N3O3/c1-9-3(5(11)8(14)15-9)2-4(10)6(12)7(9)13/h3,5H,2,10-12H2,1H3/t3?,5?,9-/m1/s1. The molecule has 1 fully saturated rings. The van der Waals surface area contributed by atoms with Gasteiger partial charge in [-0.2, -0.15) is 0 Å². The van der Waals surface area contributed by atoms with Crippen LogP contribution in [0.2, 0.25) is 0 Å². The summed E-state index contributed by atoms with van der Waals surface area (Å²) < 4.78 is 5.01. The molecule has 6 nitrogen and oxygen atoms in total. The Morgan fingerprint density at radius 2 is 2.00 bits per heavy atom. The maximum atomic E-state index is 11.8. The molecule has 0 radical (unpaired) electrons. The lowest BCUT2D eigenvalue weighted by atomic mass is 9.75. The number of ether oxygens (including phenoxy) is 1. The van der Waals surface area contributed by atoms with Crippen molar-refractivity contribution in [2.75, 3.05) is 0 Å². The fourth-order valence-electron chi connectivity index (χ4n) is 2.16. The van der Waals surface area contributed by atoms with Crippen molar-refractivity contribution < 1.29 is 14.3 Å². The monoisotopic (exact) mass is 211 g/mol. The lowest BCUT2D eigenvalue weighted by molar-refractivity contribution is -0.156. The van der Waals surface area contributed by atoms with Gasteiger partial charge in [-0.05, 0) is 13.3 Å². The third-order valence-corrected chi connectivity index (χ3v) is 3.21. The van der Waals surface area contributed by atoms with Gasteiger partial charge < -0.3 is 21.9 Å². The lowest BCUT2D eigenvalue weighted by Gasteiger charge is -2.33. The second kappa shape index (κ2) is 2.73. The minimum Gasteiger partial charge on any atom is -0.449 e. The molecule has 0 aromatic heterocycles. The Hall–Kier alpha value is -1.56. The van der Waals surface area contributed by atoms with Gasteiger partial charge in [-0.1, -0.05) is 0 Å². The molecule has 6 N–H and O–H groups in total. The molecule has 0 aromatic rings. The number of ketones is 1. The molecule has 0 bridgehead atoms. The van der Waals surface area contributed by atoms with Crippen LogP contribution in [0.15, 0.2) is 11.4 Å². The van der Waals surface area contributed by atoms with Crippen LogP contribution in [0.5, 0.6) is 0 Å². The molecule has 1 aliphatic carbocycles. The molecule has 1 saturated heterocycles. The molecular weight excluding hydrogens is 198 g/mol. The van der Waals surface area contributed by atoms with Gasteiger partial charge in [-0.25, -0.2) is 0 Å². The topological polar surface area (TPSA) is 121 Å². The molecule has 0 aromatic carbocycles. The highest BCUT2D eigenvalue weighted by Gasteiger charge is 2.58. The van der Waals surface area contributed by atoms with Gasteiger partial charge in [0, 0.05) is 11.6 Å². The number of hydrogen-bond acceptors (Lipinski definition) is 6. The van der Waals surface area contributed by atoms with E-state index in [1.807, 2.05) is 0 Å². The van der Waals surface area contributed by atoms with Crippen molar-refractivity contribution in [2.45, 2.75) is 25.0 Å². The maximum Gasteiger partial charge on any atom is 0.324 e. The first-order valence-electron chi connectivity index (χ1n) is 4.65. The van der Waals surface area contributed by atoms with E-state index in [9.17, 15) is 9.59 Å². The van der Waals surface area contributed by atoms with Gasteiger partial charge in [0.2, 0.25) is 5.78 Å². The molecule has 0 saturated carbocycles. The minimum atomic E-state index is -1.23. The zero-order valence-corrected chi connectivity index (χ0v) is 8.32. The molecule has 1 heterocycles. The molecule has 3 atom stereocenters. The summed E-state index contributed by atoms with van der Waals surface area (Å²) in [4.78, 5) is 23.1. The van der Waals surface area contributed by atoms with Crippen molar-refractivity contribution in [3.63, 3.8) is 0 Å². The van der Waals surface area contributed by atoms with Crippen LogP contribution in [-0.2, 0) is 14.3 Å². The minimum absolute atomic E-state index is 0.0179. The zero-order chi connectivity index (χ0) is 11.4. The molecule has 1 aliphatic heterocycles. The van der Waals surface area contributed by atoms with Gasteiger partial charge in [-0.15, -0.1) is 0 Å². The number of allylic oxidation sites excluding steroid dienone is 1. The fraction of sp³-hybridized carbons (Fsp3) is 0.556. The Morgan fingerprint density at radius 1 is 1.40 bits per heavy atom. The molecule has 15 heavy (non-hydrogen) atoms. The first-order valence-corrected chi connectivity index (χ1v) is 4.65. The fourth-order valence-corrected chi connectivity index (χ4v) is 2.16. The molecule has 2 aliphatic rings. The summed E-state index contributed by atoms with van der Waals surface area (Å²) in [6.45, 7) is 1.53. The summed E-state index contributed by atoms with van der Waals surface area (Å²) in [5.74, 6) is -1.43. The number of carbonyl (C=O) groups excluding carboxylic acids is 2. The largest absolute Gasteiger partial charge is 0.449 e. The van der Waals surface area contributed by atoms with Crippen molar-refractivity contribution >= 4 is 11.8 Å². The first-order chi connectivity index (χ1) is 6.88. The van der Waals surface area contributed by atoms with Crippen LogP contribution in [0.25, 0.3) is 0 Å². The van der Waals surface area contributed by atoms with E-state index in [-0.39, 0.29) is 11.4 Å². The highest BCUT2D eigenvalue weighted by Crippen LogP contribution is 2.41. The summed E-state index contributed by atoms with van der Waals surface area (Å²) in [6.07, 6.45) is 0.320. The number of hydrogen-bond donors (Lipinski definition) is 3. The molecule has 2 rings (SSSR count). The Morgan fingerprint density at radius 3 is 2.60 bits per heavy atom. The van der Waals surface area contributed by atoms with Gasteiger partial charge in [0.15, 0.2) is 5.60 Å². The van der Waals surface area contributed by atoms with E-state index in [1.54, 1.807) is 0 Å². The first kappa shape index (κ1) is 9.97. The van der Waals surface area contributed by atoms with Crippen LogP contribution in [-0.4, -0.2) is 23.4 Å². The highest BCUT2D eigenvalue weighted by molar-refractivity contribution is 6.05. The van der Waals surface area contributed by atoms with Crippen LogP contribution >= 0.6 is 0 Å². The third-order valence-electron chi connectivity index (χ3n) is 3.21. The van der Waals surface area contributed by atoms with E-state index in [4.69, 9.17) is 21.9 Å². The number of fused-ring (bicyclic) bond motifs is 1. The lowest BCUT2D eigenvalue weighted by Crippen LogP contribution is -2.51. The quantitative estimate of drug-likeness (QED) is 0.412. The summed E-state index contributed by atoms with van der Waals surface area (Å²) in [5, 5.41) is 0. The van der Waals surface area contributed by atoms with Gasteiger partial charge >= 0.3 is 5.97 Å². The summed E-state index contributed by atoms with van der Waals surface area (Å²) >= 11 is 0. The maximum absolute atomic E-state index is 11.8. The second-order valence-electron chi connectivity index (χ2n) is 4.13. The molecule has 2 unspecified atom stereocenters. The predicted molar refractivity (Wildman–Crippen MR) is 51.0 cm³/mol. The average Bonchev–Trinajstić information content (AvgIpc) is 2.39. The van der Waals surface area contributed by atoms with E-state index in [0.717, 1.165) is 0 Å². The molecule has 82 valence electrons. The number of esters is 1. The van der Waals surface area contributed by atoms with Crippen LogP contribution in [0, 0.1) is 5.92 Å². The number of nitrogens with two attached hydrogens (primary N) is 3. The molecule has 0 amide bonds. The van der Waals surface area contributed by atoms with E-state index in [1.165, 1.54) is 6.92 Å². The van der Waals surface area contributed by atoms with Crippen molar-refractivity contribution in [3.05, 3.63) is 11.4 Å². The Kier molecular flexibility index (Phi) is 1.81. The molecular formula is C9H13N3O3. The number of rotatable bonds is 0. The normalized spacial score (nSPS) is 40.4. The number of carbonyl (C=O) groups is 2. The molecule has 0 spiro atoms. The second-order valence-corrected chi connectivity index (χ2v) is 4.13. The molecule has 6 heteroatoms. The van der Waals surface area contributed by atoms with E-state index >= 15 is 0 Å². The average molecular weight is 211 g/mol. The van der Waals surface area contributed by atoms with Crippen molar-refractivity contribution in [1.29, 1.82) is 0 Å². The van der Waals surface area contributed by atoms with Gasteiger partial charge in [-0.3, -0.25) is 9.59 Å². The van der Waals surface area contributed by atoms with Crippen molar-refractivity contribution in [1.82, 2.24) is 0 Å². The van der Waals surface area contributed by atoms with Crippen molar-refractivity contribution in [3.8, 4) is 0 Å². The van der Waals surface area contributed by atoms with Crippen molar-refractivity contribution in [2.24, 2.45) is 23.1 Å². The summed E-state index contributed by atoms with van der Waals surface area (Å²) in [6, 6.07) is -0.800. The Bertz CT molecular complexity index is 390. The third kappa shape index (κ3) is 1.08. The summed E-state index contributed by atoms with van der Waals surface area (Å²) in [7, 11) is 0. The van der Waals surface area contributed by atoms with Crippen LogP contribution in [0.4, 0.5) is 0 Å². The summed E-state index contributed by atoms with van der Waals surface area (Å²) in [5.41, 5.74) is 15.8. The van der Waals surface area contributed by atoms with Crippen LogP contribution in [0.1, 0.15) is 13.3 Å². The van der Waals surface area contributed by atoms with Gasteiger partial charge in [0.1, 0.15) is 6.04 Å². The van der Waals surface area contributed by atoms with Gasteiger partial charge in [0.25, 0.3) is 0 Å². The smallest absolute Gasteiger partial charge is 0.324 e. The van der Waals surface area contributed by atoms with E-state index in [0.29, 0.717) is 6.42 Å². The Balaban J connectivity index is 2.49. The van der Waals surface area contributed by atoms with E-state index in [2.05, 4.69) is 0 Å². The number of Topliss-reactive ketones (excluding diaryl/α,β-unsaturated/α-hetero) is 1. The predicted octanol–water partition coefficient (Wildman–Crippen LogP) is -1.65. The van der Waals surface area contributed by atoms with Crippen LogP contribution in [0.3, 0.4) is 0 Å². The van der Waals surface area contributed by atoms with Crippen LogP contribution < -0.4 is 17.2 Å².